The highest BCUT2D eigenvalue weighted by molar-refractivity contribution is 6.27. The summed E-state index contributed by atoms with van der Waals surface area (Å²) in [5, 5.41) is 3.53. The van der Waals surface area contributed by atoms with E-state index in [1.165, 1.54) is 32.1 Å². The average Bonchev–Trinajstić information content (AvgIpc) is 3.95. The molecule has 0 saturated heterocycles. The number of carbonyl (C=O) groups is 2. The molecular weight excluding hydrogens is 526 g/mol. The SMILES string of the molecule is CCOC(=O)[C@H](Cc1ccc(-n2c(CC3CC3)nc3cc(NCC4CC4)cnc32)cc1)N=C1CC(=O)C12CCCCC2. The molecule has 2 aromatic heterocycles. The van der Waals surface area contributed by atoms with Gasteiger partial charge >= 0.3 is 5.97 Å². The fourth-order valence-electron chi connectivity index (χ4n) is 6.73. The summed E-state index contributed by atoms with van der Waals surface area (Å²) in [7, 11) is 0. The van der Waals surface area contributed by atoms with Crippen molar-refractivity contribution in [3.8, 4) is 5.69 Å². The van der Waals surface area contributed by atoms with Crippen molar-refractivity contribution in [1.82, 2.24) is 14.5 Å². The fourth-order valence-corrected chi connectivity index (χ4v) is 6.73. The van der Waals surface area contributed by atoms with Crippen molar-refractivity contribution in [3.05, 3.63) is 47.9 Å². The van der Waals surface area contributed by atoms with Crippen LogP contribution in [0, 0.1) is 17.3 Å². The minimum absolute atomic E-state index is 0.293. The van der Waals surface area contributed by atoms with Crippen LogP contribution in [0.2, 0.25) is 0 Å². The maximum Gasteiger partial charge on any atom is 0.331 e. The molecule has 1 N–H and O–H groups in total. The Bertz CT molecular complexity index is 1510. The lowest BCUT2D eigenvalue weighted by Crippen LogP contribution is -2.52. The van der Waals surface area contributed by atoms with Crippen molar-refractivity contribution in [1.29, 1.82) is 0 Å². The standard InChI is InChI=1S/C34H41N5O3/c1-2-42-33(41)28(37-29-19-30(40)34(29)14-4-3-5-15-34)16-22-10-12-26(13-11-22)39-31(17-23-6-7-23)38-27-18-25(21-36-32(27)39)35-20-24-8-9-24/h10-13,18,21,23-24,28,35H,2-9,14-17,19-20H2,1H3/t28-/m0/s1. The van der Waals surface area contributed by atoms with E-state index in [1.807, 2.05) is 13.1 Å². The predicted molar refractivity (Wildman–Crippen MR) is 163 cm³/mol. The van der Waals surface area contributed by atoms with E-state index in [4.69, 9.17) is 19.7 Å². The molecule has 7 rings (SSSR count). The quantitative estimate of drug-likeness (QED) is 0.284. The number of aromatic nitrogens is 3. The molecule has 0 radical (unpaired) electrons. The third-order valence-electron chi connectivity index (χ3n) is 9.64. The minimum atomic E-state index is -0.638. The van der Waals surface area contributed by atoms with Crippen LogP contribution in [0.15, 0.2) is 41.5 Å². The van der Waals surface area contributed by atoms with Crippen molar-refractivity contribution in [2.75, 3.05) is 18.5 Å². The van der Waals surface area contributed by atoms with E-state index >= 15 is 0 Å². The molecule has 3 aromatic rings. The first-order valence-electron chi connectivity index (χ1n) is 16.0. The minimum Gasteiger partial charge on any atom is -0.464 e. The van der Waals surface area contributed by atoms with Gasteiger partial charge in [0, 0.05) is 37.2 Å². The Labute approximate surface area is 247 Å². The van der Waals surface area contributed by atoms with Crippen molar-refractivity contribution in [3.63, 3.8) is 0 Å². The van der Waals surface area contributed by atoms with Crippen LogP contribution in [-0.2, 0) is 27.2 Å². The van der Waals surface area contributed by atoms with Gasteiger partial charge in [0.05, 0.1) is 23.9 Å². The maximum absolute atomic E-state index is 13.0. The molecule has 4 aliphatic carbocycles. The summed E-state index contributed by atoms with van der Waals surface area (Å²) in [6.45, 7) is 3.13. The van der Waals surface area contributed by atoms with Gasteiger partial charge in [0.1, 0.15) is 17.1 Å². The van der Waals surface area contributed by atoms with Gasteiger partial charge in [0.15, 0.2) is 11.7 Å². The second kappa shape index (κ2) is 11.3. The van der Waals surface area contributed by atoms with E-state index in [1.54, 1.807) is 0 Å². The molecule has 2 heterocycles. The largest absolute Gasteiger partial charge is 0.464 e. The molecule has 0 bridgehead atoms. The van der Waals surface area contributed by atoms with Crippen LogP contribution in [-0.4, -0.2) is 51.2 Å². The molecule has 0 aliphatic heterocycles. The van der Waals surface area contributed by atoms with Gasteiger partial charge in [-0.2, -0.15) is 0 Å². The summed E-state index contributed by atoms with van der Waals surface area (Å²) in [5.41, 5.74) is 5.34. The summed E-state index contributed by atoms with van der Waals surface area (Å²) in [4.78, 5) is 40.5. The van der Waals surface area contributed by atoms with E-state index in [-0.39, 0.29) is 5.97 Å². The molecule has 220 valence electrons. The summed E-state index contributed by atoms with van der Waals surface area (Å²) >= 11 is 0. The Morgan fingerprint density at radius 1 is 1.12 bits per heavy atom. The number of ether oxygens (including phenoxy) is 1. The molecule has 1 aromatic carbocycles. The number of hydrogen-bond acceptors (Lipinski definition) is 7. The number of nitrogens with zero attached hydrogens (tertiary/aromatic N) is 4. The number of rotatable bonds is 11. The molecule has 0 unspecified atom stereocenters. The number of hydrogen-bond donors (Lipinski definition) is 1. The van der Waals surface area contributed by atoms with Gasteiger partial charge in [-0.25, -0.2) is 14.8 Å². The lowest BCUT2D eigenvalue weighted by Gasteiger charge is -2.44. The third-order valence-corrected chi connectivity index (χ3v) is 9.64. The lowest BCUT2D eigenvalue weighted by atomic mass is 9.58. The van der Waals surface area contributed by atoms with Gasteiger partial charge < -0.3 is 10.1 Å². The van der Waals surface area contributed by atoms with Gasteiger partial charge in [0.25, 0.3) is 0 Å². The first-order valence-corrected chi connectivity index (χ1v) is 16.0. The maximum atomic E-state index is 13.0. The molecule has 1 atom stereocenters. The number of Topliss-reactive ketones (excluding diaryl/α,β-unsaturated/α-hetero) is 1. The smallest absolute Gasteiger partial charge is 0.331 e. The second-order valence-electron chi connectivity index (χ2n) is 12.9. The van der Waals surface area contributed by atoms with Gasteiger partial charge in [-0.1, -0.05) is 31.4 Å². The average molecular weight is 568 g/mol. The Kier molecular flexibility index (Phi) is 7.32. The van der Waals surface area contributed by atoms with Gasteiger partial charge in [-0.15, -0.1) is 0 Å². The number of pyridine rings is 1. The molecule has 42 heavy (non-hydrogen) atoms. The number of fused-ring (bicyclic) bond motifs is 1. The normalized spacial score (nSPS) is 21.5. The number of ketones is 1. The zero-order valence-electron chi connectivity index (χ0n) is 24.6. The topological polar surface area (TPSA) is 98.5 Å². The van der Waals surface area contributed by atoms with E-state index in [2.05, 4.69) is 40.2 Å². The van der Waals surface area contributed by atoms with E-state index in [9.17, 15) is 9.59 Å². The van der Waals surface area contributed by atoms with Crippen LogP contribution in [0.5, 0.6) is 0 Å². The van der Waals surface area contributed by atoms with Crippen LogP contribution >= 0.6 is 0 Å². The molecule has 1 spiro atoms. The van der Waals surface area contributed by atoms with Gasteiger partial charge in [-0.05, 0) is 81.0 Å². The summed E-state index contributed by atoms with van der Waals surface area (Å²) in [6.07, 6.45) is 13.8. The summed E-state index contributed by atoms with van der Waals surface area (Å²) in [5.74, 6) is 2.52. The zero-order chi connectivity index (χ0) is 28.7. The van der Waals surface area contributed by atoms with Gasteiger partial charge in [0.2, 0.25) is 0 Å². The molecule has 4 saturated carbocycles. The number of aliphatic imine (C=N–C) groups is 1. The Morgan fingerprint density at radius 2 is 1.88 bits per heavy atom. The highest BCUT2D eigenvalue weighted by Gasteiger charge is 2.52. The van der Waals surface area contributed by atoms with Crippen molar-refractivity contribution in [2.45, 2.75) is 90.0 Å². The summed E-state index contributed by atoms with van der Waals surface area (Å²) in [6, 6.07) is 9.82. The highest BCUT2D eigenvalue weighted by Crippen LogP contribution is 2.47. The van der Waals surface area contributed by atoms with Crippen LogP contribution < -0.4 is 5.32 Å². The predicted octanol–water partition coefficient (Wildman–Crippen LogP) is 6.03. The van der Waals surface area contributed by atoms with Crippen molar-refractivity contribution in [2.24, 2.45) is 22.2 Å². The first kappa shape index (κ1) is 27.3. The van der Waals surface area contributed by atoms with Crippen molar-refractivity contribution >= 4 is 34.3 Å². The second-order valence-corrected chi connectivity index (χ2v) is 12.9. The van der Waals surface area contributed by atoms with Crippen LogP contribution in [0.4, 0.5) is 5.69 Å². The van der Waals surface area contributed by atoms with Crippen molar-refractivity contribution < 1.29 is 14.3 Å². The molecule has 4 fully saturated rings. The molecule has 8 nitrogen and oxygen atoms in total. The number of carbonyl (C=O) groups excluding carboxylic acids is 2. The van der Waals surface area contributed by atoms with Crippen LogP contribution in [0.25, 0.3) is 16.9 Å². The number of anilines is 1. The van der Waals surface area contributed by atoms with E-state index < -0.39 is 11.5 Å². The number of benzene rings is 1. The van der Waals surface area contributed by atoms with Crippen LogP contribution in [0.3, 0.4) is 0 Å². The number of esters is 1. The van der Waals surface area contributed by atoms with E-state index in [0.717, 1.165) is 84.2 Å². The van der Waals surface area contributed by atoms with Crippen LogP contribution in [0.1, 0.15) is 82.5 Å². The molecule has 0 amide bonds. The Morgan fingerprint density at radius 3 is 2.57 bits per heavy atom. The zero-order valence-corrected chi connectivity index (χ0v) is 24.6. The Hall–Kier alpha value is -3.55. The molecule has 8 heteroatoms. The third kappa shape index (κ3) is 5.48. The number of imidazole rings is 1. The first-order chi connectivity index (χ1) is 20.5. The van der Waals surface area contributed by atoms with E-state index in [0.29, 0.717) is 31.1 Å². The Balaban J connectivity index is 1.14. The molecular formula is C34H41N5O3. The lowest BCUT2D eigenvalue weighted by molar-refractivity contribution is -0.144. The number of nitrogens with one attached hydrogen (secondary N) is 1. The fraction of sp³-hybridized carbons (Fsp3) is 0.559. The summed E-state index contributed by atoms with van der Waals surface area (Å²) < 4.78 is 7.62. The van der Waals surface area contributed by atoms with Gasteiger partial charge in [-0.3, -0.25) is 14.4 Å². The molecule has 4 aliphatic rings. The highest BCUT2D eigenvalue weighted by atomic mass is 16.5. The monoisotopic (exact) mass is 567 g/mol.